The number of amides is 1. The molecule has 0 bridgehead atoms. The molecule has 0 aliphatic carbocycles. The van der Waals surface area contributed by atoms with Crippen molar-refractivity contribution in [2.75, 3.05) is 25.0 Å². The van der Waals surface area contributed by atoms with Crippen molar-refractivity contribution >= 4 is 17.6 Å². The SMILES string of the molecule is CN1C(=O)CN(c2ccc(C#N)cc2)CC1C(=O)O. The molecule has 1 atom stereocenters. The normalized spacial score (nSPS) is 19.2. The van der Waals surface area contributed by atoms with Crippen molar-refractivity contribution < 1.29 is 14.7 Å². The van der Waals surface area contributed by atoms with Crippen molar-refractivity contribution in [1.29, 1.82) is 5.26 Å². The Morgan fingerprint density at radius 1 is 1.42 bits per heavy atom. The van der Waals surface area contributed by atoms with E-state index in [4.69, 9.17) is 10.4 Å². The van der Waals surface area contributed by atoms with E-state index in [2.05, 4.69) is 0 Å². The van der Waals surface area contributed by atoms with Crippen LogP contribution in [0, 0.1) is 11.3 Å². The third kappa shape index (κ3) is 2.50. The van der Waals surface area contributed by atoms with Crippen molar-refractivity contribution in [2.45, 2.75) is 6.04 Å². The summed E-state index contributed by atoms with van der Waals surface area (Å²) in [5.41, 5.74) is 1.27. The Kier molecular flexibility index (Phi) is 3.38. The summed E-state index contributed by atoms with van der Waals surface area (Å²) >= 11 is 0. The van der Waals surface area contributed by atoms with E-state index in [9.17, 15) is 9.59 Å². The number of piperazine rings is 1. The summed E-state index contributed by atoms with van der Waals surface area (Å²) < 4.78 is 0. The molecule has 6 heteroatoms. The molecule has 1 amide bonds. The van der Waals surface area contributed by atoms with Gasteiger partial charge in [0.2, 0.25) is 5.91 Å². The van der Waals surface area contributed by atoms with Crippen LogP contribution in [-0.2, 0) is 9.59 Å². The maximum atomic E-state index is 11.8. The molecule has 0 aromatic heterocycles. The van der Waals surface area contributed by atoms with E-state index in [1.165, 1.54) is 11.9 Å². The van der Waals surface area contributed by atoms with Crippen LogP contribution in [0.3, 0.4) is 0 Å². The Labute approximate surface area is 110 Å². The van der Waals surface area contributed by atoms with Crippen molar-refractivity contribution in [3.8, 4) is 6.07 Å². The number of anilines is 1. The van der Waals surface area contributed by atoms with Crippen LogP contribution in [0.15, 0.2) is 24.3 Å². The zero-order valence-electron chi connectivity index (χ0n) is 10.4. The summed E-state index contributed by atoms with van der Waals surface area (Å²) in [5.74, 6) is -1.25. The first kappa shape index (κ1) is 12.9. The molecule has 1 unspecified atom stereocenters. The fraction of sp³-hybridized carbons (Fsp3) is 0.308. The number of aliphatic carboxylic acids is 1. The maximum Gasteiger partial charge on any atom is 0.328 e. The molecule has 2 rings (SSSR count). The number of hydrogen-bond donors (Lipinski definition) is 1. The van der Waals surface area contributed by atoms with Crippen LogP contribution >= 0.6 is 0 Å². The first-order chi connectivity index (χ1) is 9.02. The monoisotopic (exact) mass is 259 g/mol. The molecular weight excluding hydrogens is 246 g/mol. The first-order valence-electron chi connectivity index (χ1n) is 5.76. The van der Waals surface area contributed by atoms with E-state index < -0.39 is 12.0 Å². The van der Waals surface area contributed by atoms with Gasteiger partial charge in [-0.05, 0) is 24.3 Å². The van der Waals surface area contributed by atoms with E-state index >= 15 is 0 Å². The molecule has 0 radical (unpaired) electrons. The molecule has 0 saturated carbocycles. The molecule has 1 heterocycles. The second-order valence-corrected chi connectivity index (χ2v) is 4.40. The molecule has 19 heavy (non-hydrogen) atoms. The van der Waals surface area contributed by atoms with Gasteiger partial charge in [-0.15, -0.1) is 0 Å². The number of carboxylic acid groups (broad SMARTS) is 1. The van der Waals surface area contributed by atoms with Gasteiger partial charge in [0.05, 0.1) is 18.2 Å². The minimum atomic E-state index is -1.02. The van der Waals surface area contributed by atoms with Gasteiger partial charge in [0.1, 0.15) is 6.04 Å². The van der Waals surface area contributed by atoms with Gasteiger partial charge in [0.25, 0.3) is 0 Å². The zero-order chi connectivity index (χ0) is 14.0. The molecule has 1 aromatic carbocycles. The summed E-state index contributed by atoms with van der Waals surface area (Å²) in [7, 11) is 1.50. The number of carbonyl (C=O) groups excluding carboxylic acids is 1. The van der Waals surface area contributed by atoms with E-state index in [1.807, 2.05) is 6.07 Å². The third-order valence-electron chi connectivity index (χ3n) is 3.23. The molecule has 1 aliphatic rings. The third-order valence-corrected chi connectivity index (χ3v) is 3.23. The van der Waals surface area contributed by atoms with Gasteiger partial charge in [0.15, 0.2) is 0 Å². The van der Waals surface area contributed by atoms with Crippen LogP contribution in [0.25, 0.3) is 0 Å². The number of rotatable bonds is 2. The van der Waals surface area contributed by atoms with E-state index in [0.717, 1.165) is 5.69 Å². The maximum absolute atomic E-state index is 11.8. The number of likely N-dealkylation sites (N-methyl/N-ethyl adjacent to an activating group) is 1. The van der Waals surface area contributed by atoms with E-state index in [-0.39, 0.29) is 19.0 Å². The zero-order valence-corrected chi connectivity index (χ0v) is 10.4. The smallest absolute Gasteiger partial charge is 0.328 e. The molecule has 0 spiro atoms. The summed E-state index contributed by atoms with van der Waals surface area (Å²) in [5, 5.41) is 17.8. The van der Waals surface area contributed by atoms with Crippen molar-refractivity contribution in [2.24, 2.45) is 0 Å². The Morgan fingerprint density at radius 3 is 2.58 bits per heavy atom. The lowest BCUT2D eigenvalue weighted by atomic mass is 10.1. The molecule has 1 aromatic rings. The fourth-order valence-electron chi connectivity index (χ4n) is 2.03. The van der Waals surface area contributed by atoms with E-state index in [1.54, 1.807) is 29.2 Å². The number of benzene rings is 1. The van der Waals surface area contributed by atoms with Crippen LogP contribution in [0.4, 0.5) is 5.69 Å². The number of nitriles is 1. The fourth-order valence-corrected chi connectivity index (χ4v) is 2.03. The van der Waals surface area contributed by atoms with Gasteiger partial charge < -0.3 is 14.9 Å². The molecule has 1 fully saturated rings. The summed E-state index contributed by atoms with van der Waals surface area (Å²) in [6.45, 7) is 0.385. The topological polar surface area (TPSA) is 84.6 Å². The Bertz CT molecular complexity index is 547. The van der Waals surface area contributed by atoms with Crippen molar-refractivity contribution in [3.05, 3.63) is 29.8 Å². The quantitative estimate of drug-likeness (QED) is 0.825. The van der Waals surface area contributed by atoms with Crippen molar-refractivity contribution in [3.63, 3.8) is 0 Å². The van der Waals surface area contributed by atoms with Gasteiger partial charge in [-0.2, -0.15) is 5.26 Å². The standard InChI is InChI=1S/C13H13N3O3/c1-15-11(13(18)19)7-16(8-12(15)17)10-4-2-9(6-14)3-5-10/h2-5,11H,7-8H2,1H3,(H,18,19). The van der Waals surface area contributed by atoms with Gasteiger partial charge in [-0.3, -0.25) is 4.79 Å². The highest BCUT2D eigenvalue weighted by atomic mass is 16.4. The Balaban J connectivity index is 2.23. The summed E-state index contributed by atoms with van der Waals surface area (Å²) in [4.78, 5) is 25.9. The van der Waals surface area contributed by atoms with Crippen LogP contribution in [-0.4, -0.2) is 48.1 Å². The second kappa shape index (κ2) is 4.98. The number of carbonyl (C=O) groups is 2. The molecular formula is C13H13N3O3. The predicted molar refractivity (Wildman–Crippen MR) is 67.6 cm³/mol. The van der Waals surface area contributed by atoms with Crippen LogP contribution in [0.2, 0.25) is 0 Å². The minimum absolute atomic E-state index is 0.145. The molecule has 1 aliphatic heterocycles. The van der Waals surface area contributed by atoms with Gasteiger partial charge in [-0.1, -0.05) is 0 Å². The lowest BCUT2D eigenvalue weighted by Gasteiger charge is -2.38. The number of carboxylic acids is 1. The molecule has 6 nitrogen and oxygen atoms in total. The van der Waals surface area contributed by atoms with Gasteiger partial charge in [-0.25, -0.2) is 4.79 Å². The molecule has 1 N–H and O–H groups in total. The minimum Gasteiger partial charge on any atom is -0.480 e. The van der Waals surface area contributed by atoms with Crippen molar-refractivity contribution in [1.82, 2.24) is 4.90 Å². The summed E-state index contributed by atoms with van der Waals surface area (Å²) in [6, 6.07) is 7.89. The predicted octanol–water partition coefficient (Wildman–Crippen LogP) is 0.290. The second-order valence-electron chi connectivity index (χ2n) is 4.40. The lowest BCUT2D eigenvalue weighted by molar-refractivity contribution is -0.149. The van der Waals surface area contributed by atoms with Crippen LogP contribution in [0.1, 0.15) is 5.56 Å². The molecule has 98 valence electrons. The first-order valence-corrected chi connectivity index (χ1v) is 5.76. The Morgan fingerprint density at radius 2 is 2.05 bits per heavy atom. The average Bonchev–Trinajstić information content (AvgIpc) is 2.41. The van der Waals surface area contributed by atoms with Crippen LogP contribution in [0.5, 0.6) is 0 Å². The summed E-state index contributed by atoms with van der Waals surface area (Å²) in [6.07, 6.45) is 0. The average molecular weight is 259 g/mol. The highest BCUT2D eigenvalue weighted by Gasteiger charge is 2.34. The molecule has 1 saturated heterocycles. The Hall–Kier alpha value is -2.55. The van der Waals surface area contributed by atoms with Gasteiger partial charge in [0, 0.05) is 19.3 Å². The number of nitrogens with zero attached hydrogens (tertiary/aromatic N) is 3. The lowest BCUT2D eigenvalue weighted by Crippen LogP contribution is -2.57. The largest absolute Gasteiger partial charge is 0.480 e. The number of hydrogen-bond acceptors (Lipinski definition) is 4. The van der Waals surface area contributed by atoms with Crippen LogP contribution < -0.4 is 4.90 Å². The highest BCUT2D eigenvalue weighted by Crippen LogP contribution is 2.19. The highest BCUT2D eigenvalue weighted by molar-refractivity contribution is 5.89. The van der Waals surface area contributed by atoms with E-state index in [0.29, 0.717) is 5.56 Å². The van der Waals surface area contributed by atoms with Gasteiger partial charge >= 0.3 is 5.97 Å².